The van der Waals surface area contributed by atoms with Gasteiger partial charge in [-0.1, -0.05) is 18.7 Å². The van der Waals surface area contributed by atoms with Gasteiger partial charge in [0.2, 0.25) is 0 Å². The zero-order valence-electron chi connectivity index (χ0n) is 7.93. The van der Waals surface area contributed by atoms with E-state index in [1.54, 1.807) is 31.2 Å². The number of hydrogen-bond donors (Lipinski definition) is 1. The number of carbonyl (C=O) groups is 1. The average molecular weight is 192 g/mol. The quantitative estimate of drug-likeness (QED) is 0.745. The van der Waals surface area contributed by atoms with Gasteiger partial charge in [0.15, 0.2) is 0 Å². The van der Waals surface area contributed by atoms with Gasteiger partial charge in [0.1, 0.15) is 5.75 Å². The molecule has 1 atom stereocenters. The number of rotatable bonds is 4. The topological polar surface area (TPSA) is 46.5 Å². The maximum Gasteiger partial charge on any atom is 0.310 e. The molecule has 0 aliphatic rings. The van der Waals surface area contributed by atoms with Crippen molar-refractivity contribution in [3.05, 3.63) is 42.7 Å². The lowest BCUT2D eigenvalue weighted by Gasteiger charge is -2.06. The fourth-order valence-corrected chi connectivity index (χ4v) is 1.07. The van der Waals surface area contributed by atoms with Gasteiger partial charge in [0, 0.05) is 0 Å². The SMILES string of the molecule is C=COc1ccc(C(C)C(=O)O)cc1. The summed E-state index contributed by atoms with van der Waals surface area (Å²) in [6.45, 7) is 5.07. The Morgan fingerprint density at radius 2 is 2.07 bits per heavy atom. The largest absolute Gasteiger partial charge is 0.481 e. The van der Waals surface area contributed by atoms with Crippen LogP contribution in [0.1, 0.15) is 18.4 Å². The van der Waals surface area contributed by atoms with Crippen molar-refractivity contribution >= 4 is 5.97 Å². The molecule has 0 fully saturated rings. The van der Waals surface area contributed by atoms with Crippen molar-refractivity contribution in [3.63, 3.8) is 0 Å². The summed E-state index contributed by atoms with van der Waals surface area (Å²) in [6.07, 6.45) is 1.33. The summed E-state index contributed by atoms with van der Waals surface area (Å²) in [5.74, 6) is -0.670. The molecule has 0 bridgehead atoms. The first-order valence-corrected chi connectivity index (χ1v) is 4.25. The van der Waals surface area contributed by atoms with Crippen LogP contribution in [0.5, 0.6) is 5.75 Å². The molecule has 1 unspecified atom stereocenters. The maximum atomic E-state index is 10.7. The molecule has 0 heterocycles. The van der Waals surface area contributed by atoms with E-state index < -0.39 is 11.9 Å². The summed E-state index contributed by atoms with van der Waals surface area (Å²) < 4.78 is 5.02. The second kappa shape index (κ2) is 4.46. The number of aliphatic carboxylic acids is 1. The van der Waals surface area contributed by atoms with Crippen LogP contribution in [-0.4, -0.2) is 11.1 Å². The summed E-state index contributed by atoms with van der Waals surface area (Å²) in [5, 5.41) is 8.76. The Balaban J connectivity index is 2.82. The van der Waals surface area contributed by atoms with Crippen LogP contribution in [0, 0.1) is 0 Å². The highest BCUT2D eigenvalue weighted by Crippen LogP contribution is 2.19. The molecule has 0 aliphatic heterocycles. The van der Waals surface area contributed by atoms with Crippen LogP contribution >= 0.6 is 0 Å². The minimum Gasteiger partial charge on any atom is -0.481 e. The van der Waals surface area contributed by atoms with Crippen LogP contribution < -0.4 is 4.74 Å². The summed E-state index contributed by atoms with van der Waals surface area (Å²) >= 11 is 0. The number of carboxylic acid groups (broad SMARTS) is 1. The molecule has 74 valence electrons. The molecule has 0 aliphatic carbocycles. The Morgan fingerprint density at radius 3 is 2.50 bits per heavy atom. The third kappa shape index (κ3) is 2.36. The summed E-state index contributed by atoms with van der Waals surface area (Å²) in [4.78, 5) is 10.7. The third-order valence-corrected chi connectivity index (χ3v) is 1.97. The van der Waals surface area contributed by atoms with E-state index in [-0.39, 0.29) is 0 Å². The van der Waals surface area contributed by atoms with Crippen molar-refractivity contribution in [2.45, 2.75) is 12.8 Å². The molecule has 0 spiro atoms. The molecule has 0 amide bonds. The van der Waals surface area contributed by atoms with E-state index in [1.165, 1.54) is 6.26 Å². The number of ether oxygens (including phenoxy) is 1. The summed E-state index contributed by atoms with van der Waals surface area (Å²) in [6, 6.07) is 6.90. The monoisotopic (exact) mass is 192 g/mol. The molecule has 0 aromatic heterocycles. The summed E-state index contributed by atoms with van der Waals surface area (Å²) in [5.41, 5.74) is 0.758. The molecular formula is C11H12O3. The molecule has 3 nitrogen and oxygen atoms in total. The fraction of sp³-hybridized carbons (Fsp3) is 0.182. The molecule has 14 heavy (non-hydrogen) atoms. The molecule has 3 heteroatoms. The molecule has 0 saturated heterocycles. The second-order valence-electron chi connectivity index (χ2n) is 2.91. The lowest BCUT2D eigenvalue weighted by molar-refractivity contribution is -0.138. The molecule has 1 rings (SSSR count). The molecule has 1 N–H and O–H groups in total. The normalized spacial score (nSPS) is 11.8. The Labute approximate surface area is 82.6 Å². The fourth-order valence-electron chi connectivity index (χ4n) is 1.07. The molecular weight excluding hydrogens is 180 g/mol. The van der Waals surface area contributed by atoms with Crippen molar-refractivity contribution in [2.75, 3.05) is 0 Å². The lowest BCUT2D eigenvalue weighted by Crippen LogP contribution is -2.06. The molecule has 1 aromatic rings. The smallest absolute Gasteiger partial charge is 0.310 e. The third-order valence-electron chi connectivity index (χ3n) is 1.97. The lowest BCUT2D eigenvalue weighted by atomic mass is 10.0. The highest BCUT2D eigenvalue weighted by Gasteiger charge is 2.12. The van der Waals surface area contributed by atoms with E-state index in [1.807, 2.05) is 0 Å². The van der Waals surface area contributed by atoms with Gasteiger partial charge in [-0.15, -0.1) is 0 Å². The Bertz CT molecular complexity index is 327. The van der Waals surface area contributed by atoms with Crippen LogP contribution in [0.2, 0.25) is 0 Å². The standard InChI is InChI=1S/C11H12O3/c1-3-14-10-6-4-9(5-7-10)8(2)11(12)13/h3-8H,1H2,2H3,(H,12,13). The van der Waals surface area contributed by atoms with E-state index in [0.29, 0.717) is 5.75 Å². The second-order valence-corrected chi connectivity index (χ2v) is 2.91. The van der Waals surface area contributed by atoms with E-state index in [2.05, 4.69) is 6.58 Å². The van der Waals surface area contributed by atoms with Gasteiger partial charge in [-0.05, 0) is 24.6 Å². The van der Waals surface area contributed by atoms with Gasteiger partial charge in [-0.25, -0.2) is 0 Å². The van der Waals surface area contributed by atoms with Gasteiger partial charge in [0.25, 0.3) is 0 Å². The maximum absolute atomic E-state index is 10.7. The Morgan fingerprint density at radius 1 is 1.50 bits per heavy atom. The van der Waals surface area contributed by atoms with Gasteiger partial charge >= 0.3 is 5.97 Å². The molecule has 1 aromatic carbocycles. The predicted octanol–water partition coefficient (Wildman–Crippen LogP) is 2.40. The highest BCUT2D eigenvalue weighted by atomic mass is 16.5. The van der Waals surface area contributed by atoms with Crippen LogP contribution in [-0.2, 0) is 4.79 Å². The van der Waals surface area contributed by atoms with Crippen molar-refractivity contribution < 1.29 is 14.6 Å². The van der Waals surface area contributed by atoms with Crippen molar-refractivity contribution in [1.82, 2.24) is 0 Å². The highest BCUT2D eigenvalue weighted by molar-refractivity contribution is 5.75. The first-order valence-electron chi connectivity index (χ1n) is 4.25. The zero-order chi connectivity index (χ0) is 10.6. The van der Waals surface area contributed by atoms with Crippen LogP contribution in [0.25, 0.3) is 0 Å². The van der Waals surface area contributed by atoms with Crippen LogP contribution in [0.4, 0.5) is 0 Å². The number of carboxylic acids is 1. The number of benzene rings is 1. The predicted molar refractivity (Wildman–Crippen MR) is 53.3 cm³/mol. The van der Waals surface area contributed by atoms with Crippen molar-refractivity contribution in [1.29, 1.82) is 0 Å². The van der Waals surface area contributed by atoms with Crippen LogP contribution in [0.3, 0.4) is 0 Å². The average Bonchev–Trinajstić information content (AvgIpc) is 2.18. The number of hydrogen-bond acceptors (Lipinski definition) is 2. The van der Waals surface area contributed by atoms with Gasteiger partial charge < -0.3 is 9.84 Å². The Hall–Kier alpha value is -1.77. The Kier molecular flexibility index (Phi) is 3.29. The van der Waals surface area contributed by atoms with Gasteiger partial charge in [0.05, 0.1) is 12.2 Å². The minimum atomic E-state index is -0.831. The van der Waals surface area contributed by atoms with E-state index in [0.717, 1.165) is 5.56 Å². The van der Waals surface area contributed by atoms with Crippen molar-refractivity contribution in [3.8, 4) is 5.75 Å². The van der Waals surface area contributed by atoms with Crippen LogP contribution in [0.15, 0.2) is 37.1 Å². The zero-order valence-corrected chi connectivity index (χ0v) is 7.93. The molecule has 0 saturated carbocycles. The van der Waals surface area contributed by atoms with Gasteiger partial charge in [-0.2, -0.15) is 0 Å². The van der Waals surface area contributed by atoms with Gasteiger partial charge in [-0.3, -0.25) is 4.79 Å². The minimum absolute atomic E-state index is 0.493. The first kappa shape index (κ1) is 10.3. The molecule has 0 radical (unpaired) electrons. The summed E-state index contributed by atoms with van der Waals surface area (Å²) in [7, 11) is 0. The van der Waals surface area contributed by atoms with E-state index in [9.17, 15) is 4.79 Å². The van der Waals surface area contributed by atoms with Crippen molar-refractivity contribution in [2.24, 2.45) is 0 Å². The van der Waals surface area contributed by atoms with E-state index >= 15 is 0 Å². The van der Waals surface area contributed by atoms with E-state index in [4.69, 9.17) is 9.84 Å². The first-order chi connectivity index (χ1) is 6.65.